The summed E-state index contributed by atoms with van der Waals surface area (Å²) < 4.78 is 5.60. The summed E-state index contributed by atoms with van der Waals surface area (Å²) in [7, 11) is 1.67. The first kappa shape index (κ1) is 19.9. The minimum atomic E-state index is -0.570. The average molecular weight is 328 g/mol. The number of nitrogens with one attached hydrogen (secondary N) is 1. The van der Waals surface area contributed by atoms with E-state index in [4.69, 9.17) is 4.74 Å². The van der Waals surface area contributed by atoms with Gasteiger partial charge < -0.3 is 19.9 Å². The Hall–Kier alpha value is -0.0700. The van der Waals surface area contributed by atoms with Gasteiger partial charge in [-0.25, -0.2) is 0 Å². The molecule has 20 heavy (non-hydrogen) atoms. The molecule has 0 spiro atoms. The van der Waals surface area contributed by atoms with E-state index in [1.54, 1.807) is 7.11 Å². The maximum Gasteiger partial charge on any atom is 0.254 e. The molecule has 2 aliphatic heterocycles. The van der Waals surface area contributed by atoms with E-state index < -0.39 is 5.60 Å². The number of carbonyl (C=O) groups excluding carboxylic acids is 1. The smallest absolute Gasteiger partial charge is 0.254 e. The van der Waals surface area contributed by atoms with Crippen molar-refractivity contribution in [3.05, 3.63) is 0 Å². The molecule has 0 aromatic heterocycles. The minimum Gasteiger partial charge on any atom is -0.368 e. The number of hydrogen-bond donors (Lipinski definition) is 1. The number of ether oxygens (including phenoxy) is 1. The molecule has 2 rings (SSSR count). The van der Waals surface area contributed by atoms with Gasteiger partial charge in [0.25, 0.3) is 5.91 Å². The molecule has 2 aliphatic rings. The summed E-state index contributed by atoms with van der Waals surface area (Å²) in [6.07, 6.45) is 1.58. The number of methoxy groups -OCH3 is 1. The Kier molecular flexibility index (Phi) is 9.02. The molecular formula is C13H27Cl2N3O2. The van der Waals surface area contributed by atoms with E-state index in [0.29, 0.717) is 0 Å². The summed E-state index contributed by atoms with van der Waals surface area (Å²) in [5.41, 5.74) is -0.570. The zero-order chi connectivity index (χ0) is 13.0. The molecule has 1 amide bonds. The Balaban J connectivity index is 0.00000180. The third-order valence-corrected chi connectivity index (χ3v) is 4.30. The predicted molar refractivity (Wildman–Crippen MR) is 85.0 cm³/mol. The third kappa shape index (κ3) is 4.21. The van der Waals surface area contributed by atoms with E-state index in [1.165, 1.54) is 0 Å². The van der Waals surface area contributed by atoms with Gasteiger partial charge in [-0.05, 0) is 32.5 Å². The van der Waals surface area contributed by atoms with Crippen molar-refractivity contribution in [3.8, 4) is 0 Å². The molecule has 0 unspecified atom stereocenters. The standard InChI is InChI=1S/C13H25N3O2.2ClH/c1-3-15-8-10-16(11-9-15)12(17)13(18-2)4-6-14-7-5-13;;/h14H,3-11H2,1-2H3;2*1H. The molecule has 120 valence electrons. The van der Waals surface area contributed by atoms with Gasteiger partial charge in [-0.2, -0.15) is 0 Å². The van der Waals surface area contributed by atoms with Gasteiger partial charge in [-0.1, -0.05) is 6.92 Å². The number of carbonyl (C=O) groups is 1. The van der Waals surface area contributed by atoms with Crippen LogP contribution in [-0.2, 0) is 9.53 Å². The van der Waals surface area contributed by atoms with Crippen LogP contribution in [0.25, 0.3) is 0 Å². The van der Waals surface area contributed by atoms with E-state index in [2.05, 4.69) is 17.1 Å². The van der Waals surface area contributed by atoms with E-state index in [-0.39, 0.29) is 30.7 Å². The number of rotatable bonds is 3. The van der Waals surface area contributed by atoms with Crippen LogP contribution < -0.4 is 5.32 Å². The lowest BCUT2D eigenvalue weighted by Gasteiger charge is -2.42. The molecule has 0 aliphatic carbocycles. The maximum atomic E-state index is 12.7. The Morgan fingerprint density at radius 3 is 2.15 bits per heavy atom. The van der Waals surface area contributed by atoms with Crippen molar-refractivity contribution in [2.45, 2.75) is 25.4 Å². The number of amides is 1. The van der Waals surface area contributed by atoms with Crippen LogP contribution in [0.3, 0.4) is 0 Å². The Labute approximate surface area is 134 Å². The number of piperazine rings is 1. The van der Waals surface area contributed by atoms with Crippen LogP contribution >= 0.6 is 24.8 Å². The lowest BCUT2D eigenvalue weighted by Crippen LogP contribution is -2.59. The lowest BCUT2D eigenvalue weighted by molar-refractivity contribution is -0.160. The molecule has 0 saturated carbocycles. The highest BCUT2D eigenvalue weighted by atomic mass is 35.5. The molecule has 2 fully saturated rings. The zero-order valence-corrected chi connectivity index (χ0v) is 14.0. The first-order valence-electron chi connectivity index (χ1n) is 6.99. The van der Waals surface area contributed by atoms with Crippen LogP contribution in [0.4, 0.5) is 0 Å². The van der Waals surface area contributed by atoms with Crippen molar-refractivity contribution < 1.29 is 9.53 Å². The molecule has 0 atom stereocenters. The lowest BCUT2D eigenvalue weighted by atomic mass is 9.90. The fraction of sp³-hybridized carbons (Fsp3) is 0.923. The second-order valence-corrected chi connectivity index (χ2v) is 5.17. The predicted octanol–water partition coefficient (Wildman–Crippen LogP) is 0.763. The van der Waals surface area contributed by atoms with Crippen molar-refractivity contribution in [1.29, 1.82) is 0 Å². The molecule has 1 N–H and O–H groups in total. The number of likely N-dealkylation sites (N-methyl/N-ethyl adjacent to an activating group) is 1. The van der Waals surface area contributed by atoms with Crippen LogP contribution in [0, 0.1) is 0 Å². The fourth-order valence-electron chi connectivity index (χ4n) is 2.89. The first-order valence-corrected chi connectivity index (χ1v) is 6.99. The van der Waals surface area contributed by atoms with Crippen molar-refractivity contribution in [2.75, 3.05) is 52.9 Å². The van der Waals surface area contributed by atoms with Crippen LogP contribution in [-0.4, -0.2) is 74.2 Å². The highest BCUT2D eigenvalue weighted by molar-refractivity contribution is 5.86. The Morgan fingerprint density at radius 1 is 1.15 bits per heavy atom. The Bertz CT molecular complexity index is 291. The summed E-state index contributed by atoms with van der Waals surface area (Å²) in [6.45, 7) is 8.63. The summed E-state index contributed by atoms with van der Waals surface area (Å²) in [5, 5.41) is 3.29. The van der Waals surface area contributed by atoms with E-state index in [1.807, 2.05) is 4.90 Å². The van der Waals surface area contributed by atoms with Gasteiger partial charge in [0.15, 0.2) is 0 Å². The van der Waals surface area contributed by atoms with Gasteiger partial charge in [-0.3, -0.25) is 4.79 Å². The summed E-state index contributed by atoms with van der Waals surface area (Å²) in [4.78, 5) is 17.0. The van der Waals surface area contributed by atoms with E-state index >= 15 is 0 Å². The average Bonchev–Trinajstić information content (AvgIpc) is 2.47. The fourth-order valence-corrected chi connectivity index (χ4v) is 2.89. The van der Waals surface area contributed by atoms with Gasteiger partial charge in [-0.15, -0.1) is 24.8 Å². The molecule has 0 aromatic rings. The van der Waals surface area contributed by atoms with Crippen molar-refractivity contribution in [2.24, 2.45) is 0 Å². The van der Waals surface area contributed by atoms with Crippen LogP contribution in [0.1, 0.15) is 19.8 Å². The quantitative estimate of drug-likeness (QED) is 0.831. The monoisotopic (exact) mass is 327 g/mol. The van der Waals surface area contributed by atoms with Gasteiger partial charge in [0.2, 0.25) is 0 Å². The molecule has 0 aromatic carbocycles. The van der Waals surface area contributed by atoms with Crippen molar-refractivity contribution >= 4 is 30.7 Å². The molecule has 2 saturated heterocycles. The largest absolute Gasteiger partial charge is 0.368 e. The van der Waals surface area contributed by atoms with Gasteiger partial charge in [0.1, 0.15) is 5.60 Å². The topological polar surface area (TPSA) is 44.8 Å². The van der Waals surface area contributed by atoms with E-state index in [0.717, 1.165) is 58.7 Å². The zero-order valence-electron chi connectivity index (χ0n) is 12.4. The summed E-state index contributed by atoms with van der Waals surface area (Å²) in [5.74, 6) is 0.197. The second kappa shape index (κ2) is 9.05. The third-order valence-electron chi connectivity index (χ3n) is 4.30. The van der Waals surface area contributed by atoms with Crippen LogP contribution in [0.2, 0.25) is 0 Å². The molecule has 7 heteroatoms. The molecule has 0 radical (unpaired) electrons. The molecule has 0 bridgehead atoms. The SMILES string of the molecule is CCN1CCN(C(=O)C2(OC)CCNCC2)CC1.Cl.Cl. The van der Waals surface area contributed by atoms with Gasteiger partial charge >= 0.3 is 0 Å². The van der Waals surface area contributed by atoms with Crippen molar-refractivity contribution in [1.82, 2.24) is 15.1 Å². The van der Waals surface area contributed by atoms with E-state index in [9.17, 15) is 4.79 Å². The number of hydrogen-bond acceptors (Lipinski definition) is 4. The van der Waals surface area contributed by atoms with Crippen LogP contribution in [0.5, 0.6) is 0 Å². The number of halogens is 2. The molecule has 5 nitrogen and oxygen atoms in total. The highest BCUT2D eigenvalue weighted by Crippen LogP contribution is 2.25. The number of piperidine rings is 1. The summed E-state index contributed by atoms with van der Waals surface area (Å²) in [6, 6.07) is 0. The first-order chi connectivity index (χ1) is 8.72. The normalized spacial score (nSPS) is 22.6. The van der Waals surface area contributed by atoms with Crippen LogP contribution in [0.15, 0.2) is 0 Å². The summed E-state index contributed by atoms with van der Waals surface area (Å²) >= 11 is 0. The maximum absolute atomic E-state index is 12.7. The second-order valence-electron chi connectivity index (χ2n) is 5.17. The van der Waals surface area contributed by atoms with Gasteiger partial charge in [0.05, 0.1) is 0 Å². The molecular weight excluding hydrogens is 301 g/mol. The minimum absolute atomic E-state index is 0. The van der Waals surface area contributed by atoms with Crippen molar-refractivity contribution in [3.63, 3.8) is 0 Å². The van der Waals surface area contributed by atoms with Gasteiger partial charge in [0, 0.05) is 33.3 Å². The number of nitrogens with zero attached hydrogens (tertiary/aromatic N) is 2. The highest BCUT2D eigenvalue weighted by Gasteiger charge is 2.42. The molecule has 2 heterocycles. The Morgan fingerprint density at radius 2 is 1.70 bits per heavy atom.